The summed E-state index contributed by atoms with van der Waals surface area (Å²) in [7, 11) is 0. The van der Waals surface area contributed by atoms with E-state index >= 15 is 0 Å². The van der Waals surface area contributed by atoms with E-state index in [2.05, 4.69) is 58.7 Å². The summed E-state index contributed by atoms with van der Waals surface area (Å²) in [4.78, 5) is 14.9. The Morgan fingerprint density at radius 2 is 1.84 bits per heavy atom. The van der Waals surface area contributed by atoms with E-state index in [1.54, 1.807) is 0 Å². The second kappa shape index (κ2) is 5.43. The summed E-state index contributed by atoms with van der Waals surface area (Å²) in [6, 6.07) is 0.240. The molecule has 1 aliphatic rings. The summed E-state index contributed by atoms with van der Waals surface area (Å²) in [5.41, 5.74) is -0.287. The molecule has 1 heterocycles. The van der Waals surface area contributed by atoms with Crippen LogP contribution in [0.4, 0.5) is 0 Å². The van der Waals surface area contributed by atoms with Gasteiger partial charge in [-0.25, -0.2) is 0 Å². The lowest BCUT2D eigenvalue weighted by Gasteiger charge is -2.39. The Balaban J connectivity index is 3.05. The van der Waals surface area contributed by atoms with Crippen LogP contribution >= 0.6 is 0 Å². The fourth-order valence-corrected chi connectivity index (χ4v) is 2.66. The number of amides is 1. The van der Waals surface area contributed by atoms with Crippen molar-refractivity contribution in [2.24, 2.45) is 11.3 Å². The summed E-state index contributed by atoms with van der Waals surface area (Å²) < 4.78 is 0. The SMILES string of the molecule is CCC1(C)NC(CC(C)C)N(C(C)C(C)(C)C)C1=O. The van der Waals surface area contributed by atoms with E-state index in [1.165, 1.54) is 0 Å². The quantitative estimate of drug-likeness (QED) is 0.847. The van der Waals surface area contributed by atoms with E-state index < -0.39 is 0 Å². The minimum atomic E-state index is -0.390. The molecule has 3 unspecified atom stereocenters. The van der Waals surface area contributed by atoms with Crippen LogP contribution in [0.2, 0.25) is 0 Å². The Labute approximate surface area is 119 Å². The molecule has 1 rings (SSSR count). The minimum Gasteiger partial charge on any atom is -0.322 e. The van der Waals surface area contributed by atoms with Gasteiger partial charge in [0.2, 0.25) is 5.91 Å². The maximum atomic E-state index is 12.8. The molecule has 1 saturated heterocycles. The molecule has 112 valence electrons. The van der Waals surface area contributed by atoms with Crippen LogP contribution in [-0.4, -0.2) is 28.6 Å². The highest BCUT2D eigenvalue weighted by Gasteiger charge is 2.49. The number of carbonyl (C=O) groups is 1. The molecule has 1 N–H and O–H groups in total. The summed E-state index contributed by atoms with van der Waals surface area (Å²) in [5, 5.41) is 3.58. The fourth-order valence-electron chi connectivity index (χ4n) is 2.66. The first-order valence-electron chi connectivity index (χ1n) is 7.63. The van der Waals surface area contributed by atoms with Crippen molar-refractivity contribution in [1.29, 1.82) is 0 Å². The van der Waals surface area contributed by atoms with Crippen LogP contribution in [0.15, 0.2) is 0 Å². The van der Waals surface area contributed by atoms with Gasteiger partial charge in [0.05, 0.1) is 11.7 Å². The zero-order chi connectivity index (χ0) is 15.0. The van der Waals surface area contributed by atoms with E-state index in [1.807, 2.05) is 6.92 Å². The molecule has 1 amide bonds. The molecule has 3 heteroatoms. The molecule has 0 aromatic heterocycles. The first-order chi connectivity index (χ1) is 8.53. The van der Waals surface area contributed by atoms with Gasteiger partial charge in [0, 0.05) is 6.04 Å². The fraction of sp³-hybridized carbons (Fsp3) is 0.938. The molecule has 0 saturated carbocycles. The maximum Gasteiger partial charge on any atom is 0.244 e. The minimum absolute atomic E-state index is 0.103. The molecule has 0 aromatic rings. The topological polar surface area (TPSA) is 32.3 Å². The van der Waals surface area contributed by atoms with Crippen molar-refractivity contribution >= 4 is 5.91 Å². The van der Waals surface area contributed by atoms with Crippen LogP contribution < -0.4 is 5.32 Å². The van der Waals surface area contributed by atoms with Crippen LogP contribution in [0.3, 0.4) is 0 Å². The Kier molecular flexibility index (Phi) is 4.71. The van der Waals surface area contributed by atoms with E-state index in [4.69, 9.17) is 0 Å². The zero-order valence-electron chi connectivity index (χ0n) is 14.0. The van der Waals surface area contributed by atoms with Crippen molar-refractivity contribution in [1.82, 2.24) is 10.2 Å². The largest absolute Gasteiger partial charge is 0.322 e. The molecular weight excluding hydrogens is 236 g/mol. The first kappa shape index (κ1) is 16.5. The van der Waals surface area contributed by atoms with Crippen molar-refractivity contribution in [2.45, 2.75) is 86.0 Å². The number of carbonyl (C=O) groups excluding carboxylic acids is 1. The van der Waals surface area contributed by atoms with Gasteiger partial charge in [0.15, 0.2) is 0 Å². The Bertz CT molecular complexity index is 332. The molecule has 19 heavy (non-hydrogen) atoms. The van der Waals surface area contributed by atoms with Gasteiger partial charge in [0.1, 0.15) is 0 Å². The van der Waals surface area contributed by atoms with Crippen LogP contribution in [0.25, 0.3) is 0 Å². The Morgan fingerprint density at radius 1 is 1.32 bits per heavy atom. The van der Waals surface area contributed by atoms with Gasteiger partial charge in [-0.05, 0) is 38.0 Å². The third kappa shape index (κ3) is 3.31. The van der Waals surface area contributed by atoms with E-state index in [9.17, 15) is 4.79 Å². The van der Waals surface area contributed by atoms with Crippen molar-refractivity contribution in [3.05, 3.63) is 0 Å². The lowest BCUT2D eigenvalue weighted by Crippen LogP contribution is -2.49. The van der Waals surface area contributed by atoms with Gasteiger partial charge in [0.25, 0.3) is 0 Å². The number of hydrogen-bond donors (Lipinski definition) is 1. The van der Waals surface area contributed by atoms with Gasteiger partial charge in [-0.3, -0.25) is 10.1 Å². The molecule has 0 aromatic carbocycles. The number of nitrogens with one attached hydrogen (secondary N) is 1. The molecule has 3 nitrogen and oxygen atoms in total. The predicted octanol–water partition coefficient (Wildman–Crippen LogP) is 3.39. The smallest absolute Gasteiger partial charge is 0.244 e. The van der Waals surface area contributed by atoms with Crippen LogP contribution in [0.1, 0.15) is 68.2 Å². The molecule has 0 aliphatic carbocycles. The highest BCUT2D eigenvalue weighted by molar-refractivity contribution is 5.88. The van der Waals surface area contributed by atoms with Crippen molar-refractivity contribution in [3.8, 4) is 0 Å². The second-order valence-corrected chi connectivity index (χ2v) is 7.73. The number of hydrogen-bond acceptors (Lipinski definition) is 2. The molecule has 3 atom stereocenters. The normalized spacial score (nSPS) is 30.3. The zero-order valence-corrected chi connectivity index (χ0v) is 14.0. The standard InChI is InChI=1S/C16H32N2O/c1-9-16(8)14(19)18(12(4)15(5,6)7)13(17-16)10-11(2)3/h11-13,17H,9-10H2,1-8H3. The molecular formula is C16H32N2O. The summed E-state index contributed by atoms with van der Waals surface area (Å²) in [5.74, 6) is 0.849. The second-order valence-electron chi connectivity index (χ2n) is 7.73. The molecule has 0 bridgehead atoms. The monoisotopic (exact) mass is 268 g/mol. The van der Waals surface area contributed by atoms with Gasteiger partial charge in [-0.2, -0.15) is 0 Å². The average molecular weight is 268 g/mol. The lowest BCUT2D eigenvalue weighted by molar-refractivity contribution is -0.137. The van der Waals surface area contributed by atoms with E-state index in [0.29, 0.717) is 5.92 Å². The van der Waals surface area contributed by atoms with Crippen LogP contribution in [0, 0.1) is 11.3 Å². The van der Waals surface area contributed by atoms with E-state index in [-0.39, 0.29) is 29.1 Å². The maximum absolute atomic E-state index is 12.8. The predicted molar refractivity (Wildman–Crippen MR) is 80.8 cm³/mol. The third-order valence-electron chi connectivity index (χ3n) is 4.60. The molecule has 0 spiro atoms. The van der Waals surface area contributed by atoms with E-state index in [0.717, 1.165) is 12.8 Å². The Hall–Kier alpha value is -0.570. The van der Waals surface area contributed by atoms with Crippen molar-refractivity contribution in [2.75, 3.05) is 0 Å². The highest BCUT2D eigenvalue weighted by atomic mass is 16.2. The van der Waals surface area contributed by atoms with Crippen molar-refractivity contribution < 1.29 is 4.79 Å². The van der Waals surface area contributed by atoms with Gasteiger partial charge < -0.3 is 4.90 Å². The van der Waals surface area contributed by atoms with Gasteiger partial charge >= 0.3 is 0 Å². The highest BCUT2D eigenvalue weighted by Crippen LogP contribution is 2.34. The van der Waals surface area contributed by atoms with Gasteiger partial charge in [-0.15, -0.1) is 0 Å². The van der Waals surface area contributed by atoms with Crippen molar-refractivity contribution in [3.63, 3.8) is 0 Å². The Morgan fingerprint density at radius 3 is 2.21 bits per heavy atom. The average Bonchev–Trinajstić information content (AvgIpc) is 2.49. The molecule has 1 fully saturated rings. The summed E-state index contributed by atoms with van der Waals surface area (Å²) >= 11 is 0. The van der Waals surface area contributed by atoms with Crippen LogP contribution in [0.5, 0.6) is 0 Å². The summed E-state index contributed by atoms with van der Waals surface area (Å²) in [6.45, 7) is 17.4. The summed E-state index contributed by atoms with van der Waals surface area (Å²) in [6.07, 6.45) is 2.03. The number of rotatable bonds is 4. The molecule has 1 aliphatic heterocycles. The number of nitrogens with zero attached hydrogens (tertiary/aromatic N) is 1. The van der Waals surface area contributed by atoms with Gasteiger partial charge in [-0.1, -0.05) is 41.5 Å². The lowest BCUT2D eigenvalue weighted by atomic mass is 9.86. The van der Waals surface area contributed by atoms with Crippen LogP contribution in [-0.2, 0) is 4.79 Å². The first-order valence-corrected chi connectivity index (χ1v) is 7.63. The third-order valence-corrected chi connectivity index (χ3v) is 4.60. The molecule has 0 radical (unpaired) electrons.